The molecular formula is C35H66O2. The Morgan fingerprint density at radius 3 is 1.51 bits per heavy atom. The summed E-state index contributed by atoms with van der Waals surface area (Å²) < 4.78 is 0. The van der Waals surface area contributed by atoms with Crippen LogP contribution in [0.4, 0.5) is 0 Å². The maximum atomic E-state index is 11.3. The fourth-order valence-corrected chi connectivity index (χ4v) is 7.16. The summed E-state index contributed by atoms with van der Waals surface area (Å²) in [7, 11) is 0. The molecular weight excluding hydrogens is 452 g/mol. The second-order valence-electron chi connectivity index (χ2n) is 13.1. The molecule has 2 heteroatoms. The highest BCUT2D eigenvalue weighted by Gasteiger charge is 2.41. The molecule has 0 saturated heterocycles. The largest absolute Gasteiger partial charge is 0.478 e. The van der Waals surface area contributed by atoms with E-state index in [0.29, 0.717) is 17.8 Å². The van der Waals surface area contributed by atoms with Gasteiger partial charge < -0.3 is 5.11 Å². The Morgan fingerprint density at radius 2 is 1.14 bits per heavy atom. The van der Waals surface area contributed by atoms with Crippen molar-refractivity contribution in [2.45, 2.75) is 182 Å². The molecule has 0 bridgehead atoms. The van der Waals surface area contributed by atoms with E-state index in [1.54, 1.807) is 0 Å². The Kier molecular flexibility index (Phi) is 20.4. The van der Waals surface area contributed by atoms with E-state index in [2.05, 4.69) is 33.8 Å². The van der Waals surface area contributed by atoms with Crippen molar-refractivity contribution in [1.29, 1.82) is 0 Å². The Balaban J connectivity index is 2.04. The lowest BCUT2D eigenvalue weighted by atomic mass is 9.58. The van der Waals surface area contributed by atoms with E-state index in [4.69, 9.17) is 0 Å². The van der Waals surface area contributed by atoms with Crippen LogP contribution in [-0.4, -0.2) is 11.1 Å². The van der Waals surface area contributed by atoms with Crippen molar-refractivity contribution >= 4 is 5.97 Å². The highest BCUT2D eigenvalue weighted by molar-refractivity contribution is 5.79. The topological polar surface area (TPSA) is 37.3 Å². The Bertz CT molecular complexity index is 566. The second-order valence-corrected chi connectivity index (χ2v) is 13.1. The minimum Gasteiger partial charge on any atom is -0.478 e. The van der Waals surface area contributed by atoms with E-state index >= 15 is 0 Å². The fraction of sp³-hybridized carbons (Fsp3) is 0.914. The first-order valence-corrected chi connectivity index (χ1v) is 16.8. The Labute approximate surface area is 232 Å². The summed E-state index contributed by atoms with van der Waals surface area (Å²) in [6, 6.07) is 0. The van der Waals surface area contributed by atoms with E-state index in [1.165, 1.54) is 160 Å². The van der Waals surface area contributed by atoms with Gasteiger partial charge in [0.15, 0.2) is 0 Å². The van der Waals surface area contributed by atoms with Gasteiger partial charge in [0.1, 0.15) is 0 Å². The van der Waals surface area contributed by atoms with Crippen LogP contribution in [0, 0.1) is 23.2 Å². The van der Waals surface area contributed by atoms with Crippen molar-refractivity contribution < 1.29 is 9.90 Å². The number of carboxylic acid groups (broad SMARTS) is 1. The summed E-state index contributed by atoms with van der Waals surface area (Å²) >= 11 is 0. The van der Waals surface area contributed by atoms with Gasteiger partial charge in [-0.25, -0.2) is 4.79 Å². The summed E-state index contributed by atoms with van der Waals surface area (Å²) in [6.07, 6.45) is 36.7. The van der Waals surface area contributed by atoms with Gasteiger partial charge in [0.25, 0.3) is 0 Å². The van der Waals surface area contributed by atoms with Crippen LogP contribution in [0.2, 0.25) is 0 Å². The number of carbonyl (C=O) groups is 1. The van der Waals surface area contributed by atoms with Gasteiger partial charge >= 0.3 is 5.97 Å². The molecule has 0 spiro atoms. The lowest BCUT2D eigenvalue weighted by molar-refractivity contribution is -0.131. The van der Waals surface area contributed by atoms with Gasteiger partial charge in [-0.1, -0.05) is 169 Å². The van der Waals surface area contributed by atoms with Crippen LogP contribution in [0.25, 0.3) is 0 Å². The smallest absolute Gasteiger partial charge is 0.327 e. The van der Waals surface area contributed by atoms with E-state index < -0.39 is 5.97 Å². The molecule has 0 heterocycles. The van der Waals surface area contributed by atoms with Gasteiger partial charge in [0.05, 0.1) is 0 Å². The first-order valence-electron chi connectivity index (χ1n) is 16.8. The molecule has 0 aromatic rings. The summed E-state index contributed by atoms with van der Waals surface area (Å²) in [5, 5.41) is 9.30. The Hall–Kier alpha value is -0.790. The molecule has 0 aromatic carbocycles. The first-order chi connectivity index (χ1) is 17.9. The summed E-state index contributed by atoms with van der Waals surface area (Å²) in [4.78, 5) is 11.3. The zero-order valence-corrected chi connectivity index (χ0v) is 25.7. The van der Waals surface area contributed by atoms with E-state index in [0.717, 1.165) is 0 Å². The van der Waals surface area contributed by atoms with Crippen molar-refractivity contribution in [2.75, 3.05) is 0 Å². The molecule has 3 unspecified atom stereocenters. The van der Waals surface area contributed by atoms with Gasteiger partial charge in [0.2, 0.25) is 0 Å². The van der Waals surface area contributed by atoms with Gasteiger partial charge in [-0.05, 0) is 42.4 Å². The molecule has 3 atom stereocenters. The highest BCUT2D eigenvalue weighted by atomic mass is 16.4. The maximum absolute atomic E-state index is 11.3. The number of allylic oxidation sites excluding steroid dienone is 1. The molecule has 1 N–H and O–H groups in total. The van der Waals surface area contributed by atoms with Crippen LogP contribution in [0.5, 0.6) is 0 Å². The van der Waals surface area contributed by atoms with Crippen molar-refractivity contribution in [2.24, 2.45) is 23.2 Å². The average Bonchev–Trinajstić information content (AvgIpc) is 2.86. The lowest BCUT2D eigenvalue weighted by Gasteiger charge is -2.47. The normalized spacial score (nSPS) is 22.3. The zero-order valence-electron chi connectivity index (χ0n) is 25.7. The first kappa shape index (κ1) is 34.2. The van der Waals surface area contributed by atoms with Crippen LogP contribution in [0.15, 0.2) is 12.2 Å². The van der Waals surface area contributed by atoms with Crippen LogP contribution in [0.3, 0.4) is 0 Å². The fourth-order valence-electron chi connectivity index (χ4n) is 7.16. The molecule has 0 amide bonds. The molecule has 1 aliphatic rings. The highest BCUT2D eigenvalue weighted by Crippen LogP contribution is 2.51. The molecule has 218 valence electrons. The molecule has 0 aromatic heterocycles. The lowest BCUT2D eigenvalue weighted by Crippen LogP contribution is -2.38. The number of hydrogen-bond acceptors (Lipinski definition) is 1. The van der Waals surface area contributed by atoms with Crippen molar-refractivity contribution in [1.82, 2.24) is 0 Å². The summed E-state index contributed by atoms with van der Waals surface area (Å²) in [6.45, 7) is 9.32. The molecule has 1 aliphatic carbocycles. The van der Waals surface area contributed by atoms with Crippen LogP contribution < -0.4 is 0 Å². The number of hydrogen-bond donors (Lipinski definition) is 1. The quantitative estimate of drug-likeness (QED) is 0.102. The minimum atomic E-state index is -0.788. The van der Waals surface area contributed by atoms with Crippen LogP contribution >= 0.6 is 0 Å². The third-order valence-corrected chi connectivity index (χ3v) is 9.30. The predicted molar refractivity (Wildman–Crippen MR) is 163 cm³/mol. The van der Waals surface area contributed by atoms with E-state index in [-0.39, 0.29) is 5.41 Å². The summed E-state index contributed by atoms with van der Waals surface area (Å²) in [5.74, 6) is 1.16. The molecule has 37 heavy (non-hydrogen) atoms. The monoisotopic (exact) mass is 519 g/mol. The molecule has 1 saturated carbocycles. The van der Waals surface area contributed by atoms with E-state index in [9.17, 15) is 9.90 Å². The maximum Gasteiger partial charge on any atom is 0.327 e. The Morgan fingerprint density at radius 1 is 0.730 bits per heavy atom. The van der Waals surface area contributed by atoms with Crippen molar-refractivity contribution in [3.8, 4) is 0 Å². The SMILES string of the molecule is CCCCCCCCCCCCCCCCCCCCCCC1(C=CC(=O)O)CC(C)CCC1C(C)C. The molecule has 2 nitrogen and oxygen atoms in total. The number of unbranched alkanes of at least 4 members (excludes halogenated alkanes) is 19. The van der Waals surface area contributed by atoms with E-state index in [1.807, 2.05) is 0 Å². The van der Waals surface area contributed by atoms with Crippen LogP contribution in [0.1, 0.15) is 182 Å². The second kappa shape index (κ2) is 22.1. The molecule has 1 rings (SSSR count). The standard InChI is InChI=1S/C35H66O2/c1-5-6-7-8-9-10-11-12-13-14-15-16-17-18-19-20-21-22-23-24-28-35(29-27-34(36)37)30-32(4)25-26-33(35)31(2)3/h27,29,31-33H,5-26,28,30H2,1-4H3,(H,36,37). The number of rotatable bonds is 24. The van der Waals surface area contributed by atoms with Gasteiger partial charge in [-0.3, -0.25) is 0 Å². The minimum absolute atomic E-state index is 0.0957. The molecule has 0 radical (unpaired) electrons. The average molecular weight is 519 g/mol. The zero-order chi connectivity index (χ0) is 27.2. The summed E-state index contributed by atoms with van der Waals surface area (Å²) in [5.41, 5.74) is 0.0957. The van der Waals surface area contributed by atoms with Crippen molar-refractivity contribution in [3.63, 3.8) is 0 Å². The van der Waals surface area contributed by atoms with Gasteiger partial charge in [0, 0.05) is 6.08 Å². The molecule has 0 aliphatic heterocycles. The van der Waals surface area contributed by atoms with Gasteiger partial charge in [-0.2, -0.15) is 0 Å². The van der Waals surface area contributed by atoms with Crippen LogP contribution in [-0.2, 0) is 4.79 Å². The predicted octanol–water partition coefficient (Wildman–Crippen LogP) is 11.9. The molecule has 1 fully saturated rings. The number of carboxylic acids is 1. The van der Waals surface area contributed by atoms with Crippen molar-refractivity contribution in [3.05, 3.63) is 12.2 Å². The third-order valence-electron chi connectivity index (χ3n) is 9.30. The third kappa shape index (κ3) is 16.7. The number of aliphatic carboxylic acids is 1. The van der Waals surface area contributed by atoms with Gasteiger partial charge in [-0.15, -0.1) is 0 Å².